The van der Waals surface area contributed by atoms with Crippen LogP contribution in [0.1, 0.15) is 32.7 Å². The Labute approximate surface area is 169 Å². The summed E-state index contributed by atoms with van der Waals surface area (Å²) in [5, 5.41) is 7.38. The van der Waals surface area contributed by atoms with E-state index < -0.39 is 9.84 Å². The SMILES string of the molecule is COc1ccccc1C(=O)Nc1c2c(nn1-c1ccc(C)c(C)c1)CS(=O)(=O)C2. The van der Waals surface area contributed by atoms with E-state index in [0.29, 0.717) is 28.4 Å². The van der Waals surface area contributed by atoms with Crippen molar-refractivity contribution in [3.63, 3.8) is 0 Å². The number of aromatic nitrogens is 2. The number of para-hydroxylation sites is 1. The molecule has 0 radical (unpaired) electrons. The Hall–Kier alpha value is -3.13. The highest BCUT2D eigenvalue weighted by molar-refractivity contribution is 7.90. The summed E-state index contributed by atoms with van der Waals surface area (Å²) in [7, 11) is -1.77. The van der Waals surface area contributed by atoms with Crippen molar-refractivity contribution in [3.05, 3.63) is 70.4 Å². The number of fused-ring (bicyclic) bond motifs is 1. The van der Waals surface area contributed by atoms with Crippen molar-refractivity contribution >= 4 is 21.6 Å². The molecule has 150 valence electrons. The van der Waals surface area contributed by atoms with Crippen molar-refractivity contribution in [1.29, 1.82) is 0 Å². The standard InChI is InChI=1S/C21H21N3O4S/c1-13-8-9-15(10-14(13)2)24-20(17-11-29(26,27)12-18(17)23-24)22-21(25)16-6-4-5-7-19(16)28-3/h4-10H,11-12H2,1-3H3,(H,22,25). The molecule has 8 heteroatoms. The molecule has 0 saturated carbocycles. The second-order valence-corrected chi connectivity index (χ2v) is 9.21. The van der Waals surface area contributed by atoms with Gasteiger partial charge in [-0.05, 0) is 49.2 Å². The molecule has 0 spiro atoms. The van der Waals surface area contributed by atoms with E-state index in [1.165, 1.54) is 7.11 Å². The Bertz CT molecular complexity index is 1230. The lowest BCUT2D eigenvalue weighted by molar-refractivity contribution is 0.102. The van der Waals surface area contributed by atoms with Crippen LogP contribution in [-0.2, 0) is 21.3 Å². The van der Waals surface area contributed by atoms with E-state index in [2.05, 4.69) is 10.4 Å². The molecule has 2 aromatic carbocycles. The van der Waals surface area contributed by atoms with E-state index in [1.807, 2.05) is 32.0 Å². The van der Waals surface area contributed by atoms with E-state index in [0.717, 1.165) is 16.8 Å². The number of hydrogen-bond acceptors (Lipinski definition) is 5. The van der Waals surface area contributed by atoms with Gasteiger partial charge >= 0.3 is 0 Å². The van der Waals surface area contributed by atoms with Gasteiger partial charge in [0.05, 0.1) is 35.6 Å². The van der Waals surface area contributed by atoms with Crippen LogP contribution in [0.2, 0.25) is 0 Å². The van der Waals surface area contributed by atoms with Crippen molar-refractivity contribution < 1.29 is 17.9 Å². The van der Waals surface area contributed by atoms with Gasteiger partial charge in [-0.15, -0.1) is 0 Å². The van der Waals surface area contributed by atoms with Gasteiger partial charge < -0.3 is 10.1 Å². The van der Waals surface area contributed by atoms with Gasteiger partial charge in [0.25, 0.3) is 5.91 Å². The summed E-state index contributed by atoms with van der Waals surface area (Å²) < 4.78 is 31.1. The summed E-state index contributed by atoms with van der Waals surface area (Å²) in [5.74, 6) is 0.151. The van der Waals surface area contributed by atoms with Gasteiger partial charge in [-0.3, -0.25) is 4.79 Å². The molecule has 0 atom stereocenters. The third kappa shape index (κ3) is 3.51. The van der Waals surface area contributed by atoms with Gasteiger partial charge in [-0.25, -0.2) is 13.1 Å². The zero-order valence-electron chi connectivity index (χ0n) is 16.4. The van der Waals surface area contributed by atoms with Gasteiger partial charge in [0.15, 0.2) is 9.84 Å². The third-order valence-electron chi connectivity index (χ3n) is 5.11. The molecule has 29 heavy (non-hydrogen) atoms. The van der Waals surface area contributed by atoms with Crippen LogP contribution >= 0.6 is 0 Å². The molecule has 7 nitrogen and oxygen atoms in total. The quantitative estimate of drug-likeness (QED) is 0.712. The summed E-state index contributed by atoms with van der Waals surface area (Å²) in [4.78, 5) is 13.0. The Balaban J connectivity index is 1.81. The van der Waals surface area contributed by atoms with E-state index in [4.69, 9.17) is 4.74 Å². The zero-order chi connectivity index (χ0) is 20.8. The van der Waals surface area contributed by atoms with E-state index >= 15 is 0 Å². The number of ether oxygens (including phenoxy) is 1. The molecule has 1 amide bonds. The van der Waals surface area contributed by atoms with Crippen molar-refractivity contribution in [1.82, 2.24) is 9.78 Å². The van der Waals surface area contributed by atoms with Gasteiger partial charge in [0.1, 0.15) is 11.6 Å². The van der Waals surface area contributed by atoms with E-state index in [1.54, 1.807) is 28.9 Å². The summed E-state index contributed by atoms with van der Waals surface area (Å²) in [6.45, 7) is 4.01. The summed E-state index contributed by atoms with van der Waals surface area (Å²) in [5.41, 5.74) is 4.33. The largest absolute Gasteiger partial charge is 0.496 e. The molecule has 2 heterocycles. The first kappa shape index (κ1) is 19.2. The number of nitrogens with one attached hydrogen (secondary N) is 1. The molecule has 3 aromatic rings. The highest BCUT2D eigenvalue weighted by Crippen LogP contribution is 2.34. The molecule has 1 aliphatic heterocycles. The minimum absolute atomic E-state index is 0.127. The van der Waals surface area contributed by atoms with Gasteiger partial charge in [0.2, 0.25) is 0 Å². The fraction of sp³-hybridized carbons (Fsp3) is 0.238. The van der Waals surface area contributed by atoms with Crippen LogP contribution in [0.5, 0.6) is 5.75 Å². The second kappa shape index (κ2) is 7.04. The molecule has 0 aliphatic carbocycles. The normalized spacial score (nSPS) is 14.4. The fourth-order valence-electron chi connectivity index (χ4n) is 3.42. The van der Waals surface area contributed by atoms with Crippen LogP contribution in [0, 0.1) is 13.8 Å². The Morgan fingerprint density at radius 2 is 1.86 bits per heavy atom. The molecule has 4 rings (SSSR count). The smallest absolute Gasteiger partial charge is 0.260 e. The highest BCUT2D eigenvalue weighted by atomic mass is 32.2. The van der Waals surface area contributed by atoms with Gasteiger partial charge in [-0.2, -0.15) is 5.10 Å². The second-order valence-electron chi connectivity index (χ2n) is 7.14. The molecule has 0 fully saturated rings. The lowest BCUT2D eigenvalue weighted by Gasteiger charge is -2.13. The first-order valence-corrected chi connectivity index (χ1v) is 10.9. The number of benzene rings is 2. The van der Waals surface area contributed by atoms with Crippen LogP contribution in [-0.4, -0.2) is 31.2 Å². The van der Waals surface area contributed by atoms with Crippen LogP contribution in [0.15, 0.2) is 42.5 Å². The van der Waals surface area contributed by atoms with Crippen molar-refractivity contribution in [2.45, 2.75) is 25.4 Å². The lowest BCUT2D eigenvalue weighted by atomic mass is 10.1. The van der Waals surface area contributed by atoms with Crippen molar-refractivity contribution in [2.24, 2.45) is 0 Å². The van der Waals surface area contributed by atoms with Gasteiger partial charge in [0, 0.05) is 5.56 Å². The van der Waals surface area contributed by atoms with E-state index in [9.17, 15) is 13.2 Å². The fourth-order valence-corrected chi connectivity index (χ4v) is 4.92. The number of carbonyl (C=O) groups excluding carboxylic acids is 1. The first-order valence-electron chi connectivity index (χ1n) is 9.12. The molecular weight excluding hydrogens is 390 g/mol. The van der Waals surface area contributed by atoms with Crippen LogP contribution < -0.4 is 10.1 Å². The number of carbonyl (C=O) groups is 1. The van der Waals surface area contributed by atoms with Crippen molar-refractivity contribution in [2.75, 3.05) is 12.4 Å². The zero-order valence-corrected chi connectivity index (χ0v) is 17.2. The number of sulfone groups is 1. The van der Waals surface area contributed by atoms with Crippen LogP contribution in [0.25, 0.3) is 5.69 Å². The maximum absolute atomic E-state index is 13.0. The number of methoxy groups -OCH3 is 1. The van der Waals surface area contributed by atoms with E-state index in [-0.39, 0.29) is 17.4 Å². The Morgan fingerprint density at radius 3 is 2.59 bits per heavy atom. The topological polar surface area (TPSA) is 90.3 Å². The molecular formula is C21H21N3O4S. The summed E-state index contributed by atoms with van der Waals surface area (Å²) >= 11 is 0. The summed E-state index contributed by atoms with van der Waals surface area (Å²) in [6, 6.07) is 12.7. The molecule has 0 bridgehead atoms. The first-order chi connectivity index (χ1) is 13.8. The minimum atomic E-state index is -3.26. The number of anilines is 1. The maximum atomic E-state index is 13.0. The predicted octanol–water partition coefficient (Wildman–Crippen LogP) is 3.18. The number of amides is 1. The predicted molar refractivity (Wildman–Crippen MR) is 110 cm³/mol. The third-order valence-corrected chi connectivity index (χ3v) is 6.55. The van der Waals surface area contributed by atoms with Gasteiger partial charge in [-0.1, -0.05) is 18.2 Å². The van der Waals surface area contributed by atoms with Crippen LogP contribution in [0.3, 0.4) is 0 Å². The molecule has 0 unspecified atom stereocenters. The number of nitrogens with zero attached hydrogens (tertiary/aromatic N) is 2. The highest BCUT2D eigenvalue weighted by Gasteiger charge is 2.33. The lowest BCUT2D eigenvalue weighted by Crippen LogP contribution is -2.17. The molecule has 1 N–H and O–H groups in total. The minimum Gasteiger partial charge on any atom is -0.496 e. The van der Waals surface area contributed by atoms with Crippen LogP contribution in [0.4, 0.5) is 5.82 Å². The average Bonchev–Trinajstić information content (AvgIpc) is 3.16. The molecule has 0 saturated heterocycles. The average molecular weight is 411 g/mol. The summed E-state index contributed by atoms with van der Waals surface area (Å²) in [6.07, 6.45) is 0. The Kier molecular flexibility index (Phi) is 4.66. The maximum Gasteiger partial charge on any atom is 0.260 e. The number of hydrogen-bond donors (Lipinski definition) is 1. The number of aryl methyl sites for hydroxylation is 2. The number of rotatable bonds is 4. The Morgan fingerprint density at radius 1 is 1.10 bits per heavy atom. The van der Waals surface area contributed by atoms with Crippen molar-refractivity contribution in [3.8, 4) is 11.4 Å². The molecule has 1 aliphatic rings. The molecule has 1 aromatic heterocycles. The monoisotopic (exact) mass is 411 g/mol.